The van der Waals surface area contributed by atoms with E-state index in [4.69, 9.17) is 0 Å². The van der Waals surface area contributed by atoms with Gasteiger partial charge in [0.1, 0.15) is 11.4 Å². The molecule has 0 saturated heterocycles. The van der Waals surface area contributed by atoms with E-state index in [1.807, 2.05) is 36.4 Å². The molecule has 0 heterocycles. The number of hydrogen-bond donors (Lipinski definition) is 1. The number of benzene rings is 3. The molecule has 110 valence electrons. The molecule has 0 aromatic heterocycles. The fourth-order valence-electron chi connectivity index (χ4n) is 2.09. The molecule has 22 heavy (non-hydrogen) atoms. The van der Waals surface area contributed by atoms with Gasteiger partial charge in [-0.15, -0.1) is 10.2 Å². The summed E-state index contributed by atoms with van der Waals surface area (Å²) in [5, 5.41) is 20.3. The van der Waals surface area contributed by atoms with Crippen LogP contribution in [0, 0.1) is 0 Å². The quantitative estimate of drug-likeness (QED) is 0.382. The third-order valence-corrected chi connectivity index (χ3v) is 4.73. The van der Waals surface area contributed by atoms with Crippen molar-refractivity contribution in [2.75, 3.05) is 0 Å². The first-order chi connectivity index (χ1) is 10.5. The number of fused-ring (bicyclic) bond motifs is 1. The van der Waals surface area contributed by atoms with Gasteiger partial charge in [0.15, 0.2) is 0 Å². The largest absolute Gasteiger partial charge is 0.508 e. The summed E-state index contributed by atoms with van der Waals surface area (Å²) in [5.74, 6) is 0.168. The van der Waals surface area contributed by atoms with E-state index in [0.717, 1.165) is 24.2 Å². The SMILES string of the molecule is Oc1cc(N=Nc2c(Br)cc(Br)cc2Br)c2ccccc2c1. The van der Waals surface area contributed by atoms with E-state index in [1.165, 1.54) is 0 Å². The Balaban J connectivity index is 2.11. The highest BCUT2D eigenvalue weighted by atomic mass is 79.9. The molecule has 0 bridgehead atoms. The van der Waals surface area contributed by atoms with Crippen molar-refractivity contribution in [3.8, 4) is 5.75 Å². The Kier molecular flexibility index (Phi) is 4.61. The number of phenolic OH excluding ortho intramolecular Hbond substituents is 1. The lowest BCUT2D eigenvalue weighted by Crippen LogP contribution is -1.76. The van der Waals surface area contributed by atoms with Crippen LogP contribution in [0.3, 0.4) is 0 Å². The summed E-state index contributed by atoms with van der Waals surface area (Å²) in [6.07, 6.45) is 0. The van der Waals surface area contributed by atoms with E-state index < -0.39 is 0 Å². The standard InChI is InChI=1S/C16H9Br3N2O/c17-10-6-13(18)16(14(19)7-10)21-20-15-8-11(22)5-9-3-1-2-4-12(9)15/h1-8,22H. The van der Waals surface area contributed by atoms with Crippen molar-refractivity contribution in [3.63, 3.8) is 0 Å². The van der Waals surface area contributed by atoms with Gasteiger partial charge in [0, 0.05) is 24.9 Å². The highest BCUT2D eigenvalue weighted by Crippen LogP contribution is 2.38. The average molecular weight is 485 g/mol. The minimum Gasteiger partial charge on any atom is -0.508 e. The number of hydrogen-bond acceptors (Lipinski definition) is 3. The maximum Gasteiger partial charge on any atom is 0.118 e. The van der Waals surface area contributed by atoms with E-state index in [0.29, 0.717) is 11.4 Å². The minimum atomic E-state index is 0.168. The summed E-state index contributed by atoms with van der Waals surface area (Å²) in [6, 6.07) is 14.9. The molecule has 3 aromatic rings. The first-order valence-electron chi connectivity index (χ1n) is 6.32. The van der Waals surface area contributed by atoms with Crippen molar-refractivity contribution >= 4 is 69.9 Å². The summed E-state index contributed by atoms with van der Waals surface area (Å²) in [6.45, 7) is 0. The topological polar surface area (TPSA) is 45.0 Å². The van der Waals surface area contributed by atoms with Gasteiger partial charge >= 0.3 is 0 Å². The van der Waals surface area contributed by atoms with Crippen LogP contribution < -0.4 is 0 Å². The van der Waals surface area contributed by atoms with E-state index in [1.54, 1.807) is 12.1 Å². The molecule has 3 rings (SSSR count). The molecule has 0 fully saturated rings. The monoisotopic (exact) mass is 482 g/mol. The molecule has 3 nitrogen and oxygen atoms in total. The predicted molar refractivity (Wildman–Crippen MR) is 99.3 cm³/mol. The lowest BCUT2D eigenvalue weighted by atomic mass is 10.1. The van der Waals surface area contributed by atoms with Crippen LogP contribution in [0.15, 0.2) is 72.2 Å². The lowest BCUT2D eigenvalue weighted by molar-refractivity contribution is 0.476. The second-order valence-electron chi connectivity index (χ2n) is 4.60. The molecule has 6 heteroatoms. The van der Waals surface area contributed by atoms with Gasteiger partial charge in [0.05, 0.1) is 5.69 Å². The number of rotatable bonds is 2. The van der Waals surface area contributed by atoms with Gasteiger partial charge in [-0.05, 0) is 55.4 Å². The van der Waals surface area contributed by atoms with Crippen LogP contribution in [-0.2, 0) is 0 Å². The fraction of sp³-hybridized carbons (Fsp3) is 0. The van der Waals surface area contributed by atoms with Crippen LogP contribution in [0.5, 0.6) is 5.75 Å². The van der Waals surface area contributed by atoms with Crippen LogP contribution in [0.2, 0.25) is 0 Å². The van der Waals surface area contributed by atoms with Crippen LogP contribution in [0.1, 0.15) is 0 Å². The second kappa shape index (κ2) is 6.48. The highest BCUT2D eigenvalue weighted by Gasteiger charge is 2.07. The van der Waals surface area contributed by atoms with E-state index in [9.17, 15) is 5.11 Å². The van der Waals surface area contributed by atoms with Crippen molar-refractivity contribution in [1.82, 2.24) is 0 Å². The number of phenols is 1. The van der Waals surface area contributed by atoms with Crippen LogP contribution >= 0.6 is 47.8 Å². The van der Waals surface area contributed by atoms with Gasteiger partial charge in [0.25, 0.3) is 0 Å². The molecule has 0 spiro atoms. The Morgan fingerprint density at radius 2 is 1.50 bits per heavy atom. The maximum absolute atomic E-state index is 9.83. The normalized spacial score (nSPS) is 11.4. The van der Waals surface area contributed by atoms with Crippen molar-refractivity contribution in [3.05, 3.63) is 61.9 Å². The molecule has 0 unspecified atom stereocenters. The zero-order valence-corrected chi connectivity index (χ0v) is 15.9. The highest BCUT2D eigenvalue weighted by molar-refractivity contribution is 9.11. The van der Waals surface area contributed by atoms with Crippen LogP contribution in [0.4, 0.5) is 11.4 Å². The predicted octanol–water partition coefficient (Wildman–Crippen LogP) is 7.25. The Morgan fingerprint density at radius 3 is 2.23 bits per heavy atom. The minimum absolute atomic E-state index is 0.168. The molecule has 0 saturated carbocycles. The average Bonchev–Trinajstić information content (AvgIpc) is 2.45. The molecule has 3 aromatic carbocycles. The summed E-state index contributed by atoms with van der Waals surface area (Å²) in [4.78, 5) is 0. The van der Waals surface area contributed by atoms with Crippen molar-refractivity contribution < 1.29 is 5.11 Å². The van der Waals surface area contributed by atoms with E-state index in [2.05, 4.69) is 58.0 Å². The van der Waals surface area contributed by atoms with E-state index in [-0.39, 0.29) is 5.75 Å². The smallest absolute Gasteiger partial charge is 0.118 e. The first kappa shape index (κ1) is 15.6. The first-order valence-corrected chi connectivity index (χ1v) is 8.70. The lowest BCUT2D eigenvalue weighted by Gasteiger charge is -2.04. The zero-order chi connectivity index (χ0) is 15.7. The molecule has 0 amide bonds. The molecule has 0 aliphatic rings. The summed E-state index contributed by atoms with van der Waals surface area (Å²) in [5.41, 5.74) is 1.31. The maximum atomic E-state index is 9.83. The summed E-state index contributed by atoms with van der Waals surface area (Å²) >= 11 is 10.4. The third-order valence-electron chi connectivity index (χ3n) is 3.06. The third kappa shape index (κ3) is 3.24. The van der Waals surface area contributed by atoms with Crippen molar-refractivity contribution in [1.29, 1.82) is 0 Å². The Labute approximate surface area is 152 Å². The number of nitrogens with zero attached hydrogens (tertiary/aromatic N) is 2. The number of aromatic hydroxyl groups is 1. The van der Waals surface area contributed by atoms with Gasteiger partial charge in [-0.1, -0.05) is 40.2 Å². The van der Waals surface area contributed by atoms with Crippen LogP contribution in [0.25, 0.3) is 10.8 Å². The van der Waals surface area contributed by atoms with Crippen LogP contribution in [-0.4, -0.2) is 5.11 Å². The molecule has 1 N–H and O–H groups in total. The number of halogens is 3. The Bertz CT molecular complexity index is 871. The molecule has 0 aliphatic carbocycles. The summed E-state index contributed by atoms with van der Waals surface area (Å²) < 4.78 is 2.58. The summed E-state index contributed by atoms with van der Waals surface area (Å²) in [7, 11) is 0. The number of azo groups is 1. The Hall–Kier alpha value is -1.24. The van der Waals surface area contributed by atoms with E-state index >= 15 is 0 Å². The van der Waals surface area contributed by atoms with Crippen molar-refractivity contribution in [2.45, 2.75) is 0 Å². The molecular weight excluding hydrogens is 476 g/mol. The second-order valence-corrected chi connectivity index (χ2v) is 7.23. The van der Waals surface area contributed by atoms with Gasteiger partial charge in [0.2, 0.25) is 0 Å². The molecular formula is C16H9Br3N2O. The van der Waals surface area contributed by atoms with Gasteiger partial charge in [-0.3, -0.25) is 0 Å². The van der Waals surface area contributed by atoms with Gasteiger partial charge in [-0.2, -0.15) is 0 Å². The fourth-order valence-corrected chi connectivity index (χ4v) is 4.51. The van der Waals surface area contributed by atoms with Gasteiger partial charge in [-0.25, -0.2) is 0 Å². The Morgan fingerprint density at radius 1 is 0.818 bits per heavy atom. The molecule has 0 radical (unpaired) electrons. The molecule has 0 atom stereocenters. The van der Waals surface area contributed by atoms with Gasteiger partial charge < -0.3 is 5.11 Å². The van der Waals surface area contributed by atoms with Crippen molar-refractivity contribution in [2.24, 2.45) is 10.2 Å². The zero-order valence-electron chi connectivity index (χ0n) is 11.1. The molecule has 0 aliphatic heterocycles.